The van der Waals surface area contributed by atoms with E-state index >= 15 is 0 Å². The van der Waals surface area contributed by atoms with Crippen molar-refractivity contribution in [2.24, 2.45) is 16.7 Å². The third-order valence-electron chi connectivity index (χ3n) is 14.6. The first-order valence-electron chi connectivity index (χ1n) is 22.2. The van der Waals surface area contributed by atoms with Crippen LogP contribution in [0.15, 0.2) is 41.5 Å². The number of benzene rings is 1. The van der Waals surface area contributed by atoms with Crippen molar-refractivity contribution in [3.05, 3.63) is 47.0 Å². The fourth-order valence-electron chi connectivity index (χ4n) is 11.3. The van der Waals surface area contributed by atoms with E-state index in [0.29, 0.717) is 37.0 Å². The number of ether oxygens (including phenoxy) is 7. The highest BCUT2D eigenvalue weighted by molar-refractivity contribution is 5.89. The molecule has 3 N–H and O–H groups in total. The van der Waals surface area contributed by atoms with Crippen LogP contribution in [0.4, 0.5) is 13.6 Å². The molecule has 7 rings (SSSR count). The number of carbonyl (C=O) groups excluding carboxylic acids is 5. The first-order valence-corrected chi connectivity index (χ1v) is 22.2. The van der Waals surface area contributed by atoms with Crippen LogP contribution < -0.4 is 5.32 Å². The van der Waals surface area contributed by atoms with Gasteiger partial charge in [-0.15, -0.1) is 0 Å². The Bertz CT molecular complexity index is 2060. The number of nitrogens with one attached hydrogen (secondary N) is 1. The SMILES string of the molecule is CC(=O)O[C@@]12CO[C@@H]1CC[C@@]1(C)[C@@H]3O[C@H](CN4CC[C@H]4C(=O)N(C)C)O[C@@H]3C3=C(C)[C@@H](OC(=O)[C@H](O)[C@@H](NC(=O)OC(C)(C)C)C(F)F)C[C@@](O)([C@@H](OC(=O)c4ccccc4)[C@@H]12)C3(C)C. The minimum Gasteiger partial charge on any atom is -0.456 e. The monoisotopic (exact) mass is 919 g/mol. The molecule has 19 heteroatoms. The minimum absolute atomic E-state index is 0.0822. The average Bonchev–Trinajstić information content (AvgIpc) is 3.61. The third-order valence-corrected chi connectivity index (χ3v) is 14.6. The highest BCUT2D eigenvalue weighted by atomic mass is 19.3. The maximum Gasteiger partial charge on any atom is 0.408 e. The number of alkyl halides is 2. The summed E-state index contributed by atoms with van der Waals surface area (Å²) in [5.74, 6) is -4.17. The predicted octanol–water partition coefficient (Wildman–Crippen LogP) is 3.52. The Morgan fingerprint density at radius 1 is 1.03 bits per heavy atom. The van der Waals surface area contributed by atoms with Gasteiger partial charge in [-0.3, -0.25) is 14.5 Å². The van der Waals surface area contributed by atoms with E-state index in [-0.39, 0.29) is 24.6 Å². The van der Waals surface area contributed by atoms with Gasteiger partial charge >= 0.3 is 24.0 Å². The molecule has 0 radical (unpaired) electrons. The zero-order valence-electron chi connectivity index (χ0n) is 38.6. The number of hydrogen-bond acceptors (Lipinski definition) is 15. The number of halogens is 2. The lowest BCUT2D eigenvalue weighted by atomic mass is 9.45. The van der Waals surface area contributed by atoms with Crippen molar-refractivity contribution >= 4 is 29.9 Å². The van der Waals surface area contributed by atoms with Crippen LogP contribution in [-0.4, -0.2) is 162 Å². The largest absolute Gasteiger partial charge is 0.456 e. The molecule has 0 unspecified atom stereocenters. The molecule has 6 aliphatic rings. The first kappa shape index (κ1) is 48.7. The number of esters is 3. The number of amides is 2. The van der Waals surface area contributed by atoms with Crippen LogP contribution in [0.2, 0.25) is 0 Å². The van der Waals surface area contributed by atoms with Crippen molar-refractivity contribution in [3.63, 3.8) is 0 Å². The zero-order chi connectivity index (χ0) is 47.8. The topological polar surface area (TPSA) is 209 Å². The number of carbonyl (C=O) groups is 5. The van der Waals surface area contributed by atoms with Crippen LogP contribution in [0.5, 0.6) is 0 Å². The van der Waals surface area contributed by atoms with Crippen molar-refractivity contribution in [2.75, 3.05) is 33.8 Å². The van der Waals surface area contributed by atoms with Gasteiger partial charge in [0, 0.05) is 44.8 Å². The van der Waals surface area contributed by atoms with Gasteiger partial charge in [0.05, 0.1) is 36.8 Å². The molecule has 13 atom stereocenters. The molecule has 3 heterocycles. The second-order valence-corrected chi connectivity index (χ2v) is 20.4. The second kappa shape index (κ2) is 17.4. The molecule has 1 aromatic carbocycles. The molecule has 1 aromatic rings. The lowest BCUT2D eigenvalue weighted by Crippen LogP contribution is -2.79. The van der Waals surface area contributed by atoms with E-state index < -0.39 is 125 Å². The number of likely N-dealkylation sites (tertiary alicyclic amines) is 1. The summed E-state index contributed by atoms with van der Waals surface area (Å²) in [5, 5.41) is 26.8. The summed E-state index contributed by atoms with van der Waals surface area (Å²) in [6.07, 6.45) is -13.1. The van der Waals surface area contributed by atoms with E-state index in [1.807, 2.05) is 17.1 Å². The Labute approximate surface area is 377 Å². The van der Waals surface area contributed by atoms with Crippen molar-refractivity contribution in [3.8, 4) is 0 Å². The van der Waals surface area contributed by atoms with E-state index in [9.17, 15) is 43.0 Å². The zero-order valence-corrected chi connectivity index (χ0v) is 38.6. The average molecular weight is 920 g/mol. The van der Waals surface area contributed by atoms with Gasteiger partial charge in [-0.2, -0.15) is 0 Å². The maximum absolute atomic E-state index is 14.5. The molecular weight excluding hydrogens is 857 g/mol. The van der Waals surface area contributed by atoms with Crippen molar-refractivity contribution in [2.45, 2.75) is 159 Å². The summed E-state index contributed by atoms with van der Waals surface area (Å²) in [6.45, 7) is 13.4. The molecule has 2 saturated carbocycles. The van der Waals surface area contributed by atoms with E-state index in [1.165, 1.54) is 32.6 Å². The molecule has 65 heavy (non-hydrogen) atoms. The molecular formula is C46H63F2N3O14. The molecule has 3 aliphatic carbocycles. The number of likely N-dealkylation sites (N-methyl/N-ethyl adjacent to an activating group) is 1. The minimum atomic E-state index is -3.45. The summed E-state index contributed by atoms with van der Waals surface area (Å²) in [7, 11) is 3.36. The van der Waals surface area contributed by atoms with Crippen LogP contribution in [-0.2, 0) is 47.5 Å². The molecule has 360 valence electrons. The lowest BCUT2D eigenvalue weighted by molar-refractivity contribution is -0.345. The fraction of sp³-hybridized carbons (Fsp3) is 0.717. The molecule has 2 amide bonds. The smallest absolute Gasteiger partial charge is 0.408 e. The van der Waals surface area contributed by atoms with Crippen LogP contribution in [0, 0.1) is 16.7 Å². The molecule has 5 fully saturated rings. The predicted molar refractivity (Wildman–Crippen MR) is 224 cm³/mol. The standard InChI is InChI=1S/C46H63F2N3O14/c1-23-27(60-40(56)32(53)31(37(47)48)49-41(57)65-42(3,4)5)20-46(58)36(63-39(55)25-14-12-11-13-15-25)34-44(8,18-16-28-45(34,22-59-28)64-24(2)52)35-33(30(23)43(46,6)7)61-29(62-35)21-51-19-17-26(51)38(54)50(9)10/h11-15,26-29,31-37,53,58H,16-22H2,1-10H3,(H,49,57)/t26-,27-,28+,29+,31+,32+,33+,34-,35+,36-,44+,45-,46+/m0/s1. The second-order valence-electron chi connectivity index (χ2n) is 20.4. The molecule has 0 aromatic heterocycles. The Morgan fingerprint density at radius 2 is 1.71 bits per heavy atom. The molecule has 3 saturated heterocycles. The van der Waals surface area contributed by atoms with Gasteiger partial charge in [0.15, 0.2) is 18.0 Å². The van der Waals surface area contributed by atoms with E-state index in [4.69, 9.17) is 33.2 Å². The molecule has 2 bridgehead atoms. The van der Waals surface area contributed by atoms with Crippen molar-refractivity contribution in [1.29, 1.82) is 0 Å². The highest BCUT2D eigenvalue weighted by Crippen LogP contribution is 2.66. The van der Waals surface area contributed by atoms with Gasteiger partial charge in [0.2, 0.25) is 5.91 Å². The van der Waals surface area contributed by atoms with Crippen LogP contribution in [0.3, 0.4) is 0 Å². The fourth-order valence-corrected chi connectivity index (χ4v) is 11.3. The Kier molecular flexibility index (Phi) is 13.0. The Hall–Kier alpha value is -4.27. The van der Waals surface area contributed by atoms with Gasteiger partial charge < -0.3 is 53.6 Å². The van der Waals surface area contributed by atoms with Crippen LogP contribution >= 0.6 is 0 Å². The van der Waals surface area contributed by atoms with E-state index in [1.54, 1.807) is 65.2 Å². The number of fused-ring (bicyclic) bond motifs is 8. The molecule has 17 nitrogen and oxygen atoms in total. The van der Waals surface area contributed by atoms with E-state index in [2.05, 4.69) is 0 Å². The third kappa shape index (κ3) is 8.53. The molecule has 3 aliphatic heterocycles. The number of alkyl carbamates (subject to hydrolysis) is 1. The van der Waals surface area contributed by atoms with Gasteiger partial charge in [-0.25, -0.2) is 23.2 Å². The summed E-state index contributed by atoms with van der Waals surface area (Å²) in [5.41, 5.74) is -6.46. The van der Waals surface area contributed by atoms with Crippen molar-refractivity contribution in [1.82, 2.24) is 15.1 Å². The highest BCUT2D eigenvalue weighted by Gasteiger charge is 2.77. The first-order chi connectivity index (χ1) is 30.3. The summed E-state index contributed by atoms with van der Waals surface area (Å²) in [6, 6.07) is 5.23. The number of nitrogens with zero attached hydrogens (tertiary/aromatic N) is 2. The summed E-state index contributed by atoms with van der Waals surface area (Å²) < 4.78 is 72.9. The van der Waals surface area contributed by atoms with Gasteiger partial charge in [0.25, 0.3) is 6.43 Å². The van der Waals surface area contributed by atoms with E-state index in [0.717, 1.165) is 0 Å². The number of aliphatic hydroxyl groups excluding tert-OH is 1. The quantitative estimate of drug-likeness (QED) is 0.165. The normalized spacial score (nSPS) is 35.9. The Morgan fingerprint density at radius 3 is 2.26 bits per heavy atom. The van der Waals surface area contributed by atoms with Gasteiger partial charge in [0.1, 0.15) is 41.7 Å². The van der Waals surface area contributed by atoms with Gasteiger partial charge in [-0.1, -0.05) is 39.0 Å². The number of aliphatic hydroxyl groups is 2. The summed E-state index contributed by atoms with van der Waals surface area (Å²) in [4.78, 5) is 70.7. The summed E-state index contributed by atoms with van der Waals surface area (Å²) >= 11 is 0. The van der Waals surface area contributed by atoms with Crippen LogP contribution in [0.25, 0.3) is 0 Å². The number of hydrogen-bond donors (Lipinski definition) is 3. The maximum atomic E-state index is 14.5. The lowest BCUT2D eigenvalue weighted by Gasteiger charge is -2.68. The van der Waals surface area contributed by atoms with Gasteiger partial charge in [-0.05, 0) is 70.2 Å². The van der Waals surface area contributed by atoms with Crippen LogP contribution in [0.1, 0.15) is 91.4 Å². The van der Waals surface area contributed by atoms with Crippen molar-refractivity contribution < 1.29 is 76.1 Å². The number of rotatable bonds is 11. The molecule has 0 spiro atoms. The Balaban J connectivity index is 1.37.